The fraction of sp³-hybridized carbons (Fsp3) is 0.379. The highest BCUT2D eigenvalue weighted by Crippen LogP contribution is 2.30. The molecular formula is C29H32N6O2. The number of nitrogens with one attached hydrogen (secondary N) is 1. The Balaban J connectivity index is 1.01. The number of carbonyl (C=O) groups is 2. The number of nitrogens with zero attached hydrogens (tertiary/aromatic N) is 5. The summed E-state index contributed by atoms with van der Waals surface area (Å²) in [6.07, 6.45) is 14.2. The Kier molecular flexibility index (Phi) is 6.47. The van der Waals surface area contributed by atoms with Gasteiger partial charge in [0, 0.05) is 50.0 Å². The Hall–Kier alpha value is -3.94. The van der Waals surface area contributed by atoms with E-state index in [1.807, 2.05) is 62.9 Å². The van der Waals surface area contributed by atoms with Crippen molar-refractivity contribution < 1.29 is 9.59 Å². The minimum absolute atomic E-state index is 0.0362. The van der Waals surface area contributed by atoms with Crippen LogP contribution < -0.4 is 5.32 Å². The van der Waals surface area contributed by atoms with E-state index in [9.17, 15) is 9.59 Å². The second-order valence-electron chi connectivity index (χ2n) is 10.2. The summed E-state index contributed by atoms with van der Waals surface area (Å²) in [5.41, 5.74) is 4.30. The zero-order chi connectivity index (χ0) is 25.2. The highest BCUT2D eigenvalue weighted by molar-refractivity contribution is 5.94. The molecule has 0 bridgehead atoms. The topological polar surface area (TPSA) is 84.5 Å². The molecule has 2 aliphatic rings. The van der Waals surface area contributed by atoms with Crippen molar-refractivity contribution in [3.63, 3.8) is 0 Å². The lowest BCUT2D eigenvalue weighted by Crippen LogP contribution is -2.38. The number of hydrogen-bond acceptors (Lipinski definition) is 4. The molecule has 2 amide bonds. The highest BCUT2D eigenvalue weighted by Gasteiger charge is 2.27. The van der Waals surface area contributed by atoms with Crippen LogP contribution in [0.4, 0.5) is 0 Å². The van der Waals surface area contributed by atoms with Crippen molar-refractivity contribution in [2.75, 3.05) is 13.1 Å². The van der Waals surface area contributed by atoms with Crippen molar-refractivity contribution in [3.05, 3.63) is 89.6 Å². The molecule has 0 atom stereocenters. The van der Waals surface area contributed by atoms with Gasteiger partial charge in [0.2, 0.25) is 0 Å². The van der Waals surface area contributed by atoms with Crippen LogP contribution in [-0.4, -0.2) is 49.0 Å². The molecule has 0 unspecified atom stereocenters. The van der Waals surface area contributed by atoms with Crippen molar-refractivity contribution in [1.29, 1.82) is 0 Å². The fourth-order valence-corrected chi connectivity index (χ4v) is 5.66. The Bertz CT molecular complexity index is 1390. The van der Waals surface area contributed by atoms with Gasteiger partial charge in [-0.2, -0.15) is 5.10 Å². The van der Waals surface area contributed by atoms with Gasteiger partial charge in [-0.1, -0.05) is 25.0 Å². The first-order chi connectivity index (χ1) is 18.1. The van der Waals surface area contributed by atoms with Gasteiger partial charge in [0.05, 0.1) is 6.04 Å². The number of likely N-dealkylation sites (tertiary alicyclic amines) is 1. The van der Waals surface area contributed by atoms with Gasteiger partial charge in [-0.3, -0.25) is 14.3 Å². The molecule has 8 heteroatoms. The molecule has 4 aromatic rings. The summed E-state index contributed by atoms with van der Waals surface area (Å²) in [6.45, 7) is 1.90. The van der Waals surface area contributed by atoms with Crippen LogP contribution in [0.25, 0.3) is 5.65 Å². The van der Waals surface area contributed by atoms with Gasteiger partial charge >= 0.3 is 0 Å². The second kappa shape index (κ2) is 10.2. The largest absolute Gasteiger partial charge is 0.348 e. The molecule has 1 saturated carbocycles. The van der Waals surface area contributed by atoms with Gasteiger partial charge in [-0.15, -0.1) is 0 Å². The number of aromatic nitrogens is 4. The van der Waals surface area contributed by atoms with Gasteiger partial charge in [0.15, 0.2) is 0 Å². The molecule has 4 heterocycles. The van der Waals surface area contributed by atoms with Crippen molar-refractivity contribution >= 4 is 17.5 Å². The first kappa shape index (κ1) is 23.5. The average molecular weight is 497 g/mol. The molecule has 37 heavy (non-hydrogen) atoms. The van der Waals surface area contributed by atoms with E-state index in [0.29, 0.717) is 29.8 Å². The number of amides is 2. The van der Waals surface area contributed by atoms with E-state index >= 15 is 0 Å². The maximum atomic E-state index is 13.0. The van der Waals surface area contributed by atoms with E-state index in [-0.39, 0.29) is 11.8 Å². The van der Waals surface area contributed by atoms with Crippen LogP contribution in [0.3, 0.4) is 0 Å². The van der Waals surface area contributed by atoms with E-state index in [1.54, 1.807) is 6.20 Å². The summed E-state index contributed by atoms with van der Waals surface area (Å²) in [7, 11) is 0. The molecular weight excluding hydrogens is 464 g/mol. The first-order valence-electron chi connectivity index (χ1n) is 13.3. The molecule has 3 aromatic heterocycles. The van der Waals surface area contributed by atoms with Gasteiger partial charge in [0.25, 0.3) is 11.8 Å². The lowest BCUT2D eigenvalue weighted by atomic mass is 9.89. The van der Waals surface area contributed by atoms with Gasteiger partial charge in [-0.05, 0) is 73.1 Å². The molecule has 2 fully saturated rings. The summed E-state index contributed by atoms with van der Waals surface area (Å²) in [6, 6.07) is 14.2. The van der Waals surface area contributed by atoms with Crippen LogP contribution >= 0.6 is 0 Å². The van der Waals surface area contributed by atoms with Crippen molar-refractivity contribution in [2.45, 2.75) is 57.0 Å². The first-order valence-corrected chi connectivity index (χ1v) is 13.3. The van der Waals surface area contributed by atoms with Crippen LogP contribution in [0.1, 0.15) is 82.5 Å². The molecule has 0 radical (unpaired) electrons. The molecule has 1 aliphatic carbocycles. The van der Waals surface area contributed by atoms with Gasteiger partial charge in [0.1, 0.15) is 11.3 Å². The molecule has 1 N–H and O–H groups in total. The number of benzene rings is 1. The lowest BCUT2D eigenvalue weighted by molar-refractivity contribution is 0.0705. The second-order valence-corrected chi connectivity index (χ2v) is 10.2. The van der Waals surface area contributed by atoms with Crippen LogP contribution in [0, 0.1) is 0 Å². The number of fused-ring (bicyclic) bond motifs is 1. The molecule has 190 valence electrons. The third-order valence-electron chi connectivity index (χ3n) is 7.87. The molecule has 6 rings (SSSR count). The summed E-state index contributed by atoms with van der Waals surface area (Å²) < 4.78 is 3.93. The van der Waals surface area contributed by atoms with Crippen molar-refractivity contribution in [2.24, 2.45) is 0 Å². The zero-order valence-electron chi connectivity index (χ0n) is 20.9. The van der Waals surface area contributed by atoms with E-state index < -0.39 is 0 Å². The normalized spacial score (nSPS) is 16.9. The predicted octanol–water partition coefficient (Wildman–Crippen LogP) is 4.60. The molecule has 0 spiro atoms. The highest BCUT2D eigenvalue weighted by atomic mass is 16.2. The van der Waals surface area contributed by atoms with E-state index in [2.05, 4.69) is 27.5 Å². The monoisotopic (exact) mass is 496 g/mol. The van der Waals surface area contributed by atoms with Gasteiger partial charge in [-0.25, -0.2) is 4.98 Å². The summed E-state index contributed by atoms with van der Waals surface area (Å²) in [5, 5.41) is 7.60. The smallest absolute Gasteiger partial charge is 0.274 e. The molecule has 8 nitrogen and oxygen atoms in total. The molecule has 1 saturated heterocycles. The summed E-state index contributed by atoms with van der Waals surface area (Å²) >= 11 is 0. The SMILES string of the molecule is O=C(NCc1ccn2ccnc2c1)c1ccc(C2CCN(C(=O)c3ccn(C4CCCC4)n3)CC2)cc1. The Labute approximate surface area is 216 Å². The van der Waals surface area contributed by atoms with Crippen LogP contribution in [0.15, 0.2) is 67.3 Å². The number of pyridine rings is 1. The van der Waals surface area contributed by atoms with Gasteiger partial charge < -0.3 is 14.6 Å². The Morgan fingerprint density at radius 3 is 2.49 bits per heavy atom. The predicted molar refractivity (Wildman–Crippen MR) is 140 cm³/mol. The van der Waals surface area contributed by atoms with E-state index in [1.165, 1.54) is 18.4 Å². The van der Waals surface area contributed by atoms with Crippen molar-refractivity contribution in [3.8, 4) is 0 Å². The maximum Gasteiger partial charge on any atom is 0.274 e. The maximum absolute atomic E-state index is 13.0. The number of hydrogen-bond donors (Lipinski definition) is 1. The standard InChI is InChI=1S/C29H32N6O2/c36-28(31-20-21-9-14-33-18-13-30-27(33)19-21)24-7-5-22(6-8-24)23-10-15-34(16-11-23)29(37)26-12-17-35(32-26)25-3-1-2-4-25/h5-9,12-14,17-19,23,25H,1-4,10-11,15-16,20H2,(H,31,36). The third kappa shape index (κ3) is 5.01. The van der Waals surface area contributed by atoms with E-state index in [4.69, 9.17) is 0 Å². The third-order valence-corrected chi connectivity index (χ3v) is 7.87. The van der Waals surface area contributed by atoms with Crippen LogP contribution in [-0.2, 0) is 6.54 Å². The number of imidazole rings is 1. The Morgan fingerprint density at radius 2 is 1.70 bits per heavy atom. The molecule has 1 aromatic carbocycles. The number of rotatable bonds is 6. The van der Waals surface area contributed by atoms with Crippen LogP contribution in [0.5, 0.6) is 0 Å². The lowest BCUT2D eigenvalue weighted by Gasteiger charge is -2.32. The minimum atomic E-state index is -0.0905. The number of piperidine rings is 1. The molecule has 1 aliphatic heterocycles. The Morgan fingerprint density at radius 1 is 0.919 bits per heavy atom. The number of carbonyl (C=O) groups excluding carboxylic acids is 2. The van der Waals surface area contributed by atoms with Crippen molar-refractivity contribution in [1.82, 2.24) is 29.4 Å². The summed E-state index contributed by atoms with van der Waals surface area (Å²) in [4.78, 5) is 31.9. The van der Waals surface area contributed by atoms with Crippen LogP contribution in [0.2, 0.25) is 0 Å². The fourth-order valence-electron chi connectivity index (χ4n) is 5.66. The van der Waals surface area contributed by atoms with E-state index in [0.717, 1.165) is 50.0 Å². The summed E-state index contributed by atoms with van der Waals surface area (Å²) in [5.74, 6) is 0.333. The zero-order valence-corrected chi connectivity index (χ0v) is 20.9. The average Bonchev–Trinajstić information content (AvgIpc) is 3.73. The minimum Gasteiger partial charge on any atom is -0.348 e. The quantitative estimate of drug-likeness (QED) is 0.423.